The summed E-state index contributed by atoms with van der Waals surface area (Å²) < 4.78 is 5.83. The quantitative estimate of drug-likeness (QED) is 0.839. The fourth-order valence-corrected chi connectivity index (χ4v) is 3.61. The van der Waals surface area contributed by atoms with Gasteiger partial charge in [-0.3, -0.25) is 5.32 Å². The van der Waals surface area contributed by atoms with Crippen LogP contribution in [0, 0.1) is 0 Å². The van der Waals surface area contributed by atoms with Gasteiger partial charge in [0.25, 0.3) is 0 Å². The van der Waals surface area contributed by atoms with Gasteiger partial charge < -0.3 is 10.1 Å². The zero-order valence-corrected chi connectivity index (χ0v) is 13.7. The van der Waals surface area contributed by atoms with Crippen LogP contribution in [-0.4, -0.2) is 29.6 Å². The molecule has 6 nitrogen and oxygen atoms in total. The van der Waals surface area contributed by atoms with Crippen LogP contribution in [0.2, 0.25) is 0 Å². The van der Waals surface area contributed by atoms with Gasteiger partial charge in [0.2, 0.25) is 0 Å². The molecule has 1 aromatic heterocycles. The second-order valence-corrected chi connectivity index (χ2v) is 6.53. The van der Waals surface area contributed by atoms with Crippen molar-refractivity contribution in [1.29, 1.82) is 0 Å². The van der Waals surface area contributed by atoms with Crippen molar-refractivity contribution in [3.05, 3.63) is 23.8 Å². The van der Waals surface area contributed by atoms with Gasteiger partial charge in [-0.25, -0.2) is 14.6 Å². The molecular formula is C16H19N3O3S. The minimum Gasteiger partial charge on any atom is -0.462 e. The zero-order chi connectivity index (χ0) is 16.2. The number of hydrogen-bond donors (Lipinski definition) is 2. The van der Waals surface area contributed by atoms with Crippen molar-refractivity contribution >= 4 is 38.7 Å². The highest BCUT2D eigenvalue weighted by Crippen LogP contribution is 2.27. The van der Waals surface area contributed by atoms with E-state index in [9.17, 15) is 9.59 Å². The summed E-state index contributed by atoms with van der Waals surface area (Å²) in [6, 6.07) is 5.23. The molecule has 2 N–H and O–H groups in total. The van der Waals surface area contributed by atoms with Crippen molar-refractivity contribution in [3.63, 3.8) is 0 Å². The van der Waals surface area contributed by atoms with Crippen molar-refractivity contribution in [1.82, 2.24) is 10.3 Å². The van der Waals surface area contributed by atoms with Crippen molar-refractivity contribution < 1.29 is 14.3 Å². The Kier molecular flexibility index (Phi) is 4.76. The lowest BCUT2D eigenvalue weighted by Gasteiger charge is -2.11. The Balaban J connectivity index is 1.69. The van der Waals surface area contributed by atoms with Gasteiger partial charge in [-0.15, -0.1) is 0 Å². The summed E-state index contributed by atoms with van der Waals surface area (Å²) in [6.45, 7) is 2.11. The molecule has 0 radical (unpaired) electrons. The molecule has 0 atom stereocenters. The Labute approximate surface area is 138 Å². The van der Waals surface area contributed by atoms with Gasteiger partial charge in [-0.05, 0) is 38.0 Å². The first kappa shape index (κ1) is 15.7. The number of fused-ring (bicyclic) bond motifs is 1. The maximum atomic E-state index is 12.0. The number of benzene rings is 1. The standard InChI is InChI=1S/C16H19N3O3S/c1-2-22-14(20)10-7-8-12-13(9-10)23-16(18-12)19-15(21)17-11-5-3-4-6-11/h7-9,11H,2-6H2,1H3,(H2,17,18,19,21). The van der Waals surface area contributed by atoms with Crippen LogP contribution < -0.4 is 10.6 Å². The van der Waals surface area contributed by atoms with Crippen molar-refractivity contribution in [2.45, 2.75) is 38.6 Å². The van der Waals surface area contributed by atoms with Crippen molar-refractivity contribution in [3.8, 4) is 0 Å². The monoisotopic (exact) mass is 333 g/mol. The lowest BCUT2D eigenvalue weighted by molar-refractivity contribution is 0.0526. The SMILES string of the molecule is CCOC(=O)c1ccc2nc(NC(=O)NC3CCCC3)sc2c1. The number of amides is 2. The minimum absolute atomic E-state index is 0.221. The van der Waals surface area contributed by atoms with E-state index >= 15 is 0 Å². The molecule has 0 saturated heterocycles. The molecule has 2 amide bonds. The number of carbonyl (C=O) groups excluding carboxylic acids is 2. The second kappa shape index (κ2) is 6.95. The van der Waals surface area contributed by atoms with Crippen LogP contribution in [0.1, 0.15) is 43.0 Å². The van der Waals surface area contributed by atoms with Gasteiger partial charge in [0.15, 0.2) is 5.13 Å². The average molecular weight is 333 g/mol. The molecule has 0 aliphatic heterocycles. The van der Waals surface area contributed by atoms with Crippen LogP contribution in [0.25, 0.3) is 10.2 Å². The maximum absolute atomic E-state index is 12.0. The van der Waals surface area contributed by atoms with Crippen LogP contribution in [0.15, 0.2) is 18.2 Å². The van der Waals surface area contributed by atoms with Gasteiger partial charge >= 0.3 is 12.0 Å². The molecule has 1 saturated carbocycles. The highest BCUT2D eigenvalue weighted by Gasteiger charge is 2.18. The van der Waals surface area contributed by atoms with Crippen LogP contribution in [-0.2, 0) is 4.74 Å². The summed E-state index contributed by atoms with van der Waals surface area (Å²) >= 11 is 1.34. The van der Waals surface area contributed by atoms with E-state index in [4.69, 9.17) is 4.74 Å². The molecule has 0 unspecified atom stereocenters. The summed E-state index contributed by atoms with van der Waals surface area (Å²) in [6.07, 6.45) is 4.41. The fourth-order valence-electron chi connectivity index (χ4n) is 2.71. The Bertz CT molecular complexity index is 722. The number of anilines is 1. The molecule has 1 aromatic carbocycles. The van der Waals surface area contributed by atoms with E-state index in [1.54, 1.807) is 25.1 Å². The summed E-state index contributed by atoms with van der Waals surface area (Å²) in [5.74, 6) is -0.351. The number of ether oxygens (including phenoxy) is 1. The predicted octanol–water partition coefficient (Wildman–Crippen LogP) is 3.54. The fraction of sp³-hybridized carbons (Fsp3) is 0.438. The average Bonchev–Trinajstić information content (AvgIpc) is 3.15. The third-order valence-electron chi connectivity index (χ3n) is 3.81. The van der Waals surface area contributed by atoms with E-state index in [0.717, 1.165) is 23.1 Å². The molecule has 1 fully saturated rings. The number of aromatic nitrogens is 1. The van der Waals surface area contributed by atoms with E-state index in [2.05, 4.69) is 15.6 Å². The predicted molar refractivity (Wildman–Crippen MR) is 90.0 cm³/mol. The van der Waals surface area contributed by atoms with E-state index in [-0.39, 0.29) is 18.0 Å². The Morgan fingerprint density at radius 2 is 2.13 bits per heavy atom. The summed E-state index contributed by atoms with van der Waals surface area (Å²) in [5, 5.41) is 6.26. The van der Waals surface area contributed by atoms with Crippen molar-refractivity contribution in [2.24, 2.45) is 0 Å². The van der Waals surface area contributed by atoms with Crippen LogP contribution in [0.5, 0.6) is 0 Å². The second-order valence-electron chi connectivity index (χ2n) is 5.50. The lowest BCUT2D eigenvalue weighted by Crippen LogP contribution is -2.36. The number of esters is 1. The number of hydrogen-bond acceptors (Lipinski definition) is 5. The largest absolute Gasteiger partial charge is 0.462 e. The maximum Gasteiger partial charge on any atom is 0.338 e. The number of urea groups is 1. The number of nitrogens with zero attached hydrogens (tertiary/aromatic N) is 1. The van der Waals surface area contributed by atoms with Gasteiger partial charge in [0.05, 0.1) is 22.4 Å². The Hall–Kier alpha value is -2.15. The van der Waals surface area contributed by atoms with Gasteiger partial charge in [0.1, 0.15) is 0 Å². The zero-order valence-electron chi connectivity index (χ0n) is 12.9. The smallest absolute Gasteiger partial charge is 0.338 e. The summed E-state index contributed by atoms with van der Waals surface area (Å²) in [7, 11) is 0. The first-order chi connectivity index (χ1) is 11.2. The van der Waals surface area contributed by atoms with Gasteiger partial charge in [-0.2, -0.15) is 0 Å². The van der Waals surface area contributed by atoms with Crippen molar-refractivity contribution in [2.75, 3.05) is 11.9 Å². The normalized spacial score (nSPS) is 14.8. The topological polar surface area (TPSA) is 80.3 Å². The number of carbonyl (C=O) groups is 2. The van der Waals surface area contributed by atoms with E-state index < -0.39 is 0 Å². The Morgan fingerprint density at radius 1 is 1.35 bits per heavy atom. The molecule has 0 spiro atoms. The van der Waals surface area contributed by atoms with Gasteiger partial charge in [-0.1, -0.05) is 24.2 Å². The highest BCUT2D eigenvalue weighted by atomic mass is 32.1. The summed E-state index contributed by atoms with van der Waals surface area (Å²) in [5.41, 5.74) is 1.24. The number of rotatable bonds is 4. The first-order valence-corrected chi connectivity index (χ1v) is 8.62. The molecule has 23 heavy (non-hydrogen) atoms. The molecule has 7 heteroatoms. The molecule has 2 aromatic rings. The van der Waals surface area contributed by atoms with Crippen LogP contribution in [0.3, 0.4) is 0 Å². The molecule has 0 bridgehead atoms. The Morgan fingerprint density at radius 3 is 2.87 bits per heavy atom. The molecule has 122 valence electrons. The molecule has 1 aliphatic rings. The van der Waals surface area contributed by atoms with Gasteiger partial charge in [0, 0.05) is 6.04 Å². The van der Waals surface area contributed by atoms with E-state index in [1.807, 2.05) is 0 Å². The lowest BCUT2D eigenvalue weighted by atomic mass is 10.2. The molecular weight excluding hydrogens is 314 g/mol. The van der Waals surface area contributed by atoms with E-state index in [1.165, 1.54) is 24.2 Å². The minimum atomic E-state index is -0.351. The third kappa shape index (κ3) is 3.79. The van der Waals surface area contributed by atoms with E-state index in [0.29, 0.717) is 17.3 Å². The molecule has 3 rings (SSSR count). The highest BCUT2D eigenvalue weighted by molar-refractivity contribution is 7.22. The first-order valence-electron chi connectivity index (χ1n) is 7.81. The number of thiazole rings is 1. The third-order valence-corrected chi connectivity index (χ3v) is 4.74. The molecule has 1 heterocycles. The summed E-state index contributed by atoms with van der Waals surface area (Å²) in [4.78, 5) is 28.1. The molecule has 1 aliphatic carbocycles. The van der Waals surface area contributed by atoms with Crippen LogP contribution in [0.4, 0.5) is 9.93 Å². The number of nitrogens with one attached hydrogen (secondary N) is 2. The van der Waals surface area contributed by atoms with Crippen LogP contribution >= 0.6 is 11.3 Å².